The quantitative estimate of drug-likeness (QED) is 0.712. The zero-order valence-corrected chi connectivity index (χ0v) is 12.8. The van der Waals surface area contributed by atoms with Crippen molar-refractivity contribution in [3.63, 3.8) is 0 Å². The van der Waals surface area contributed by atoms with Crippen molar-refractivity contribution >= 4 is 0 Å². The molecule has 1 fully saturated rings. The van der Waals surface area contributed by atoms with Crippen LogP contribution in [0.1, 0.15) is 50.2 Å². The predicted octanol–water partition coefficient (Wildman–Crippen LogP) is 3.78. The standard InChI is InChI=1S/C19H24O2/c1-11-9-12-10-13(20)3-4-14(12)15-7-8-19(2)16(18(11)15)5-6-17(19)21/h3-5,10-11,15,17-18,20-21H,6-9H2,1-2H3/t11-,15-,17+,18-,19+/m1/s1. The van der Waals surface area contributed by atoms with Crippen LogP contribution in [-0.2, 0) is 6.42 Å². The lowest BCUT2D eigenvalue weighted by atomic mass is 9.55. The van der Waals surface area contributed by atoms with Gasteiger partial charge in [0.15, 0.2) is 0 Å². The molecule has 21 heavy (non-hydrogen) atoms. The summed E-state index contributed by atoms with van der Waals surface area (Å²) in [4.78, 5) is 0. The SMILES string of the molecule is C[C@@H]1Cc2cc(O)ccc2[C@H]2CC[C@@]3(C)C(=CC[C@@H]3O)[C@H]12. The van der Waals surface area contributed by atoms with Crippen LogP contribution in [0.5, 0.6) is 5.75 Å². The maximum Gasteiger partial charge on any atom is 0.115 e. The van der Waals surface area contributed by atoms with Gasteiger partial charge in [-0.05, 0) is 66.7 Å². The zero-order valence-electron chi connectivity index (χ0n) is 12.8. The van der Waals surface area contributed by atoms with E-state index in [1.807, 2.05) is 12.1 Å². The van der Waals surface area contributed by atoms with Gasteiger partial charge in [-0.15, -0.1) is 0 Å². The average Bonchev–Trinajstić information content (AvgIpc) is 2.74. The minimum absolute atomic E-state index is 0.00382. The van der Waals surface area contributed by atoms with Gasteiger partial charge in [0, 0.05) is 5.41 Å². The van der Waals surface area contributed by atoms with Crippen LogP contribution in [0, 0.1) is 17.3 Å². The maximum absolute atomic E-state index is 10.4. The number of hydrogen-bond donors (Lipinski definition) is 2. The van der Waals surface area contributed by atoms with Crippen LogP contribution in [0.25, 0.3) is 0 Å². The molecular formula is C19H24O2. The van der Waals surface area contributed by atoms with E-state index in [4.69, 9.17) is 0 Å². The zero-order chi connectivity index (χ0) is 14.8. The molecule has 2 nitrogen and oxygen atoms in total. The van der Waals surface area contributed by atoms with Crippen molar-refractivity contribution in [2.45, 2.75) is 51.6 Å². The Morgan fingerprint density at radius 2 is 2.10 bits per heavy atom. The van der Waals surface area contributed by atoms with E-state index >= 15 is 0 Å². The number of aliphatic hydroxyl groups excluding tert-OH is 1. The first kappa shape index (κ1) is 13.4. The molecule has 0 heterocycles. The second-order valence-corrected chi connectivity index (χ2v) is 7.56. The smallest absolute Gasteiger partial charge is 0.115 e. The summed E-state index contributed by atoms with van der Waals surface area (Å²) in [6.07, 6.45) is 6.22. The highest BCUT2D eigenvalue weighted by atomic mass is 16.3. The van der Waals surface area contributed by atoms with Crippen molar-refractivity contribution in [1.82, 2.24) is 0 Å². The summed E-state index contributed by atoms with van der Waals surface area (Å²) >= 11 is 0. The molecule has 3 aliphatic rings. The molecule has 0 aromatic heterocycles. The van der Waals surface area contributed by atoms with Gasteiger partial charge in [-0.2, -0.15) is 0 Å². The highest BCUT2D eigenvalue weighted by molar-refractivity contribution is 5.44. The van der Waals surface area contributed by atoms with E-state index in [2.05, 4.69) is 26.0 Å². The lowest BCUT2D eigenvalue weighted by Crippen LogP contribution is -2.42. The van der Waals surface area contributed by atoms with Gasteiger partial charge < -0.3 is 10.2 Å². The molecule has 1 aromatic carbocycles. The summed E-state index contributed by atoms with van der Waals surface area (Å²) < 4.78 is 0. The summed E-state index contributed by atoms with van der Waals surface area (Å²) in [6, 6.07) is 5.91. The molecular weight excluding hydrogens is 260 g/mol. The topological polar surface area (TPSA) is 40.5 Å². The van der Waals surface area contributed by atoms with Crippen molar-refractivity contribution < 1.29 is 10.2 Å². The summed E-state index contributed by atoms with van der Waals surface area (Å²) in [5, 5.41) is 20.2. The van der Waals surface area contributed by atoms with Crippen LogP contribution in [0.15, 0.2) is 29.8 Å². The van der Waals surface area contributed by atoms with E-state index in [1.165, 1.54) is 16.7 Å². The van der Waals surface area contributed by atoms with E-state index in [-0.39, 0.29) is 11.5 Å². The van der Waals surface area contributed by atoms with Gasteiger partial charge >= 0.3 is 0 Å². The van der Waals surface area contributed by atoms with Crippen molar-refractivity contribution in [2.24, 2.45) is 17.3 Å². The van der Waals surface area contributed by atoms with Crippen molar-refractivity contribution in [1.29, 1.82) is 0 Å². The average molecular weight is 284 g/mol. The molecule has 0 bridgehead atoms. The Morgan fingerprint density at radius 3 is 2.90 bits per heavy atom. The Balaban J connectivity index is 1.79. The first-order valence-electron chi connectivity index (χ1n) is 8.21. The largest absolute Gasteiger partial charge is 0.508 e. The molecule has 0 unspecified atom stereocenters. The van der Waals surface area contributed by atoms with Crippen LogP contribution in [0.2, 0.25) is 0 Å². The van der Waals surface area contributed by atoms with Crippen LogP contribution in [0.4, 0.5) is 0 Å². The molecule has 2 N–H and O–H groups in total. The fraction of sp³-hybridized carbons (Fsp3) is 0.579. The Hall–Kier alpha value is -1.28. The fourth-order valence-electron chi connectivity index (χ4n) is 5.26. The third kappa shape index (κ3) is 1.75. The van der Waals surface area contributed by atoms with Crippen LogP contribution in [-0.4, -0.2) is 16.3 Å². The van der Waals surface area contributed by atoms with Gasteiger partial charge in [-0.3, -0.25) is 0 Å². The monoisotopic (exact) mass is 284 g/mol. The number of rotatable bonds is 0. The number of aromatic hydroxyl groups is 1. The summed E-state index contributed by atoms with van der Waals surface area (Å²) in [7, 11) is 0. The van der Waals surface area contributed by atoms with E-state index in [0.717, 1.165) is 25.7 Å². The van der Waals surface area contributed by atoms with E-state index < -0.39 is 0 Å². The molecule has 0 radical (unpaired) electrons. The maximum atomic E-state index is 10.4. The van der Waals surface area contributed by atoms with Crippen LogP contribution < -0.4 is 0 Å². The highest BCUT2D eigenvalue weighted by Crippen LogP contribution is 2.59. The summed E-state index contributed by atoms with van der Waals surface area (Å²) in [5.74, 6) is 2.10. The normalized spacial score (nSPS) is 41.0. The molecule has 5 atom stereocenters. The number of hydrogen-bond acceptors (Lipinski definition) is 2. The molecule has 4 rings (SSSR count). The van der Waals surface area contributed by atoms with Gasteiger partial charge in [0.25, 0.3) is 0 Å². The second-order valence-electron chi connectivity index (χ2n) is 7.56. The first-order chi connectivity index (χ1) is 10.0. The molecule has 112 valence electrons. The lowest BCUT2D eigenvalue weighted by molar-refractivity contribution is 0.0409. The second kappa shape index (κ2) is 4.36. The molecule has 0 amide bonds. The number of aliphatic hydroxyl groups is 1. The van der Waals surface area contributed by atoms with Gasteiger partial charge in [0.1, 0.15) is 5.75 Å². The lowest BCUT2D eigenvalue weighted by Gasteiger charge is -2.49. The van der Waals surface area contributed by atoms with Gasteiger partial charge in [0.05, 0.1) is 6.10 Å². The molecule has 0 aliphatic heterocycles. The minimum atomic E-state index is -0.193. The Bertz CT molecular complexity index is 618. The van der Waals surface area contributed by atoms with Crippen LogP contribution in [0.3, 0.4) is 0 Å². The molecule has 1 saturated carbocycles. The molecule has 3 aliphatic carbocycles. The highest BCUT2D eigenvalue weighted by Gasteiger charge is 2.51. The summed E-state index contributed by atoms with van der Waals surface area (Å²) in [5.41, 5.74) is 4.27. The van der Waals surface area contributed by atoms with E-state index in [1.54, 1.807) is 0 Å². The van der Waals surface area contributed by atoms with Crippen LogP contribution >= 0.6 is 0 Å². The van der Waals surface area contributed by atoms with Crippen molar-refractivity contribution in [2.75, 3.05) is 0 Å². The van der Waals surface area contributed by atoms with E-state index in [0.29, 0.717) is 23.5 Å². The predicted molar refractivity (Wildman–Crippen MR) is 83.3 cm³/mol. The van der Waals surface area contributed by atoms with E-state index in [9.17, 15) is 10.2 Å². The number of phenols is 1. The third-order valence-corrected chi connectivity index (χ3v) is 6.40. The number of benzene rings is 1. The third-order valence-electron chi connectivity index (χ3n) is 6.40. The fourth-order valence-corrected chi connectivity index (χ4v) is 5.26. The minimum Gasteiger partial charge on any atom is -0.508 e. The molecule has 0 spiro atoms. The molecule has 0 saturated heterocycles. The van der Waals surface area contributed by atoms with Crippen molar-refractivity contribution in [3.8, 4) is 5.75 Å². The first-order valence-corrected chi connectivity index (χ1v) is 8.21. The van der Waals surface area contributed by atoms with Gasteiger partial charge in [-0.25, -0.2) is 0 Å². The number of phenolic OH excluding ortho intramolecular Hbond substituents is 1. The Labute approximate surface area is 126 Å². The Kier molecular flexibility index (Phi) is 2.78. The van der Waals surface area contributed by atoms with Gasteiger partial charge in [0.2, 0.25) is 0 Å². The van der Waals surface area contributed by atoms with Crippen molar-refractivity contribution in [3.05, 3.63) is 41.0 Å². The van der Waals surface area contributed by atoms with Gasteiger partial charge in [-0.1, -0.05) is 31.6 Å². The Morgan fingerprint density at radius 1 is 1.29 bits per heavy atom. The molecule has 2 heteroatoms. The number of fused-ring (bicyclic) bond motifs is 5. The summed E-state index contributed by atoms with van der Waals surface area (Å²) in [6.45, 7) is 4.59. The molecule has 1 aromatic rings.